The van der Waals surface area contributed by atoms with E-state index in [4.69, 9.17) is 0 Å². The second-order valence-electron chi connectivity index (χ2n) is 6.63. The predicted octanol–water partition coefficient (Wildman–Crippen LogP) is 3.19. The zero-order valence-electron chi connectivity index (χ0n) is 15.3. The fourth-order valence-corrected chi connectivity index (χ4v) is 4.73. The molecule has 0 saturated carbocycles. The summed E-state index contributed by atoms with van der Waals surface area (Å²) >= 11 is 3.18. The molecule has 142 valence electrons. The number of thiazole rings is 1. The predicted molar refractivity (Wildman–Crippen MR) is 111 cm³/mol. The molecule has 5 heterocycles. The van der Waals surface area contributed by atoms with Crippen LogP contribution in [-0.2, 0) is 0 Å². The SMILES string of the molecule is Cc1nc(C(=O)N2CCN(c3nccn4c(-c5ccsc5)cnc34)CC2)cs1. The molecule has 0 N–H and O–H groups in total. The Kier molecular flexibility index (Phi) is 4.33. The summed E-state index contributed by atoms with van der Waals surface area (Å²) in [4.78, 5) is 30.2. The third kappa shape index (κ3) is 2.96. The first-order chi connectivity index (χ1) is 13.7. The molecule has 0 spiro atoms. The second-order valence-corrected chi connectivity index (χ2v) is 8.47. The molecule has 0 radical (unpaired) electrons. The second kappa shape index (κ2) is 6.99. The molecule has 4 aromatic heterocycles. The van der Waals surface area contributed by atoms with Crippen LogP contribution in [0.1, 0.15) is 15.5 Å². The lowest BCUT2D eigenvalue weighted by Gasteiger charge is -2.35. The number of rotatable bonds is 3. The van der Waals surface area contributed by atoms with Gasteiger partial charge in [0.05, 0.1) is 16.9 Å². The third-order valence-corrected chi connectivity index (χ3v) is 6.39. The van der Waals surface area contributed by atoms with Crippen molar-refractivity contribution < 1.29 is 4.79 Å². The highest BCUT2D eigenvalue weighted by Crippen LogP contribution is 2.27. The minimum atomic E-state index is 0.00993. The van der Waals surface area contributed by atoms with Gasteiger partial charge in [0.25, 0.3) is 5.91 Å². The van der Waals surface area contributed by atoms with E-state index in [9.17, 15) is 4.79 Å². The van der Waals surface area contributed by atoms with Gasteiger partial charge in [-0.15, -0.1) is 11.3 Å². The highest BCUT2D eigenvalue weighted by Gasteiger charge is 2.25. The van der Waals surface area contributed by atoms with Crippen LogP contribution in [0.2, 0.25) is 0 Å². The summed E-state index contributed by atoms with van der Waals surface area (Å²) < 4.78 is 2.08. The van der Waals surface area contributed by atoms with Gasteiger partial charge in [-0.25, -0.2) is 15.0 Å². The third-order valence-electron chi connectivity index (χ3n) is 4.93. The quantitative estimate of drug-likeness (QED) is 0.519. The molecule has 1 aliphatic rings. The number of nitrogens with zero attached hydrogens (tertiary/aromatic N) is 6. The Labute approximate surface area is 169 Å². The van der Waals surface area contributed by atoms with Gasteiger partial charge in [-0.1, -0.05) is 0 Å². The van der Waals surface area contributed by atoms with Crippen molar-refractivity contribution in [1.29, 1.82) is 0 Å². The van der Waals surface area contributed by atoms with Crippen molar-refractivity contribution >= 4 is 40.0 Å². The van der Waals surface area contributed by atoms with Gasteiger partial charge in [-0.3, -0.25) is 9.20 Å². The zero-order chi connectivity index (χ0) is 19.1. The van der Waals surface area contributed by atoms with Gasteiger partial charge >= 0.3 is 0 Å². The highest BCUT2D eigenvalue weighted by atomic mass is 32.1. The monoisotopic (exact) mass is 410 g/mol. The molecule has 1 aliphatic heterocycles. The van der Waals surface area contributed by atoms with Crippen molar-refractivity contribution in [2.45, 2.75) is 6.92 Å². The maximum atomic E-state index is 12.6. The van der Waals surface area contributed by atoms with Crippen LogP contribution in [0.5, 0.6) is 0 Å². The number of piperazine rings is 1. The number of aromatic nitrogens is 4. The van der Waals surface area contributed by atoms with Gasteiger partial charge in [0, 0.05) is 54.9 Å². The Balaban J connectivity index is 1.37. The Morgan fingerprint density at radius 2 is 2.00 bits per heavy atom. The number of anilines is 1. The van der Waals surface area contributed by atoms with Crippen LogP contribution < -0.4 is 4.90 Å². The summed E-state index contributed by atoms with van der Waals surface area (Å²) in [5, 5.41) is 6.94. The molecule has 0 unspecified atom stereocenters. The molecular formula is C19H18N6OS2. The number of hydrogen-bond donors (Lipinski definition) is 0. The number of amides is 1. The van der Waals surface area contributed by atoms with Crippen LogP contribution in [0.4, 0.5) is 5.82 Å². The highest BCUT2D eigenvalue weighted by molar-refractivity contribution is 7.09. The Morgan fingerprint density at radius 1 is 1.14 bits per heavy atom. The van der Waals surface area contributed by atoms with E-state index < -0.39 is 0 Å². The molecule has 0 atom stereocenters. The Bertz CT molecular complexity index is 1120. The molecule has 0 aromatic carbocycles. The maximum Gasteiger partial charge on any atom is 0.273 e. The zero-order valence-corrected chi connectivity index (χ0v) is 16.9. The van der Waals surface area contributed by atoms with Gasteiger partial charge in [0.15, 0.2) is 11.5 Å². The summed E-state index contributed by atoms with van der Waals surface area (Å²) in [6.07, 6.45) is 5.66. The Hall–Kier alpha value is -2.78. The number of thiophene rings is 1. The number of hydrogen-bond acceptors (Lipinski definition) is 7. The van der Waals surface area contributed by atoms with Crippen LogP contribution in [0.15, 0.2) is 40.8 Å². The fourth-order valence-electron chi connectivity index (χ4n) is 3.50. The average Bonchev–Trinajstić information content (AvgIpc) is 3.47. The molecule has 1 fully saturated rings. The van der Waals surface area contributed by atoms with E-state index in [1.54, 1.807) is 11.3 Å². The lowest BCUT2D eigenvalue weighted by molar-refractivity contribution is 0.0741. The van der Waals surface area contributed by atoms with Crippen molar-refractivity contribution in [1.82, 2.24) is 24.3 Å². The van der Waals surface area contributed by atoms with Gasteiger partial charge in [-0.2, -0.15) is 11.3 Å². The van der Waals surface area contributed by atoms with Crippen molar-refractivity contribution in [3.63, 3.8) is 0 Å². The van der Waals surface area contributed by atoms with Crippen LogP contribution in [-0.4, -0.2) is 56.3 Å². The molecule has 0 bridgehead atoms. The van der Waals surface area contributed by atoms with Crippen molar-refractivity contribution in [3.05, 3.63) is 51.5 Å². The molecule has 9 heteroatoms. The van der Waals surface area contributed by atoms with Crippen LogP contribution in [0.25, 0.3) is 16.9 Å². The lowest BCUT2D eigenvalue weighted by atomic mass is 10.2. The smallest absolute Gasteiger partial charge is 0.273 e. The number of imidazole rings is 1. The van der Waals surface area contributed by atoms with Crippen LogP contribution >= 0.6 is 22.7 Å². The first-order valence-corrected chi connectivity index (χ1v) is 10.8. The molecular weight excluding hydrogens is 392 g/mol. The van der Waals surface area contributed by atoms with Crippen molar-refractivity contribution in [3.8, 4) is 11.3 Å². The number of fused-ring (bicyclic) bond motifs is 1. The van der Waals surface area contributed by atoms with E-state index in [0.717, 1.165) is 40.8 Å². The lowest BCUT2D eigenvalue weighted by Crippen LogP contribution is -2.49. The topological polar surface area (TPSA) is 66.6 Å². The molecule has 28 heavy (non-hydrogen) atoms. The standard InChI is InChI=1S/C19H18N6OS2/c1-13-22-15(12-28-13)19(26)24-7-5-23(6-8-24)17-18-21-10-16(14-2-9-27-11-14)25(18)4-3-20-17/h2-4,9-12H,5-8H2,1H3. The molecule has 4 aromatic rings. The van der Waals surface area contributed by atoms with Gasteiger partial charge < -0.3 is 9.80 Å². The normalized spacial score (nSPS) is 14.8. The Morgan fingerprint density at radius 3 is 2.71 bits per heavy atom. The molecule has 1 saturated heterocycles. The van der Waals surface area contributed by atoms with E-state index in [-0.39, 0.29) is 5.91 Å². The van der Waals surface area contributed by atoms with E-state index in [1.165, 1.54) is 11.3 Å². The van der Waals surface area contributed by atoms with Crippen LogP contribution in [0.3, 0.4) is 0 Å². The maximum absolute atomic E-state index is 12.6. The summed E-state index contributed by atoms with van der Waals surface area (Å²) in [6.45, 7) is 4.66. The number of carbonyl (C=O) groups is 1. The van der Waals surface area contributed by atoms with Crippen molar-refractivity contribution in [2.24, 2.45) is 0 Å². The van der Waals surface area contributed by atoms with Gasteiger partial charge in [0.2, 0.25) is 0 Å². The first kappa shape index (κ1) is 17.3. The van der Waals surface area contributed by atoms with E-state index >= 15 is 0 Å². The molecule has 7 nitrogen and oxygen atoms in total. The first-order valence-electron chi connectivity index (χ1n) is 9.02. The average molecular weight is 411 g/mol. The van der Waals surface area contributed by atoms with E-state index in [0.29, 0.717) is 18.8 Å². The van der Waals surface area contributed by atoms with Gasteiger partial charge in [-0.05, 0) is 18.4 Å². The minimum absolute atomic E-state index is 0.00993. The van der Waals surface area contributed by atoms with E-state index in [1.807, 2.05) is 35.8 Å². The molecule has 5 rings (SSSR count). The summed E-state index contributed by atoms with van der Waals surface area (Å²) in [5.41, 5.74) is 3.61. The largest absolute Gasteiger partial charge is 0.350 e. The minimum Gasteiger partial charge on any atom is -0.350 e. The summed E-state index contributed by atoms with van der Waals surface area (Å²) in [6, 6.07) is 2.10. The van der Waals surface area contributed by atoms with E-state index in [2.05, 4.69) is 41.1 Å². The van der Waals surface area contributed by atoms with Crippen LogP contribution in [0, 0.1) is 6.92 Å². The molecule has 1 amide bonds. The van der Waals surface area contributed by atoms with Crippen molar-refractivity contribution in [2.75, 3.05) is 31.1 Å². The molecule has 0 aliphatic carbocycles. The number of aryl methyl sites for hydroxylation is 1. The summed E-state index contributed by atoms with van der Waals surface area (Å²) in [7, 11) is 0. The number of carbonyl (C=O) groups excluding carboxylic acids is 1. The fraction of sp³-hybridized carbons (Fsp3) is 0.263. The summed E-state index contributed by atoms with van der Waals surface area (Å²) in [5.74, 6) is 0.872. The van der Waals surface area contributed by atoms with Gasteiger partial charge in [0.1, 0.15) is 5.69 Å².